The fourth-order valence-corrected chi connectivity index (χ4v) is 1.73. The molecule has 2 N–H and O–H groups in total. The van der Waals surface area contributed by atoms with Crippen molar-refractivity contribution in [3.05, 3.63) is 0 Å². The van der Waals surface area contributed by atoms with Crippen molar-refractivity contribution in [1.29, 1.82) is 0 Å². The van der Waals surface area contributed by atoms with Gasteiger partial charge in [-0.15, -0.1) is 12.4 Å². The fraction of sp³-hybridized carbons (Fsp3) is 0.909. The van der Waals surface area contributed by atoms with E-state index < -0.39 is 0 Å². The molecule has 1 aliphatic heterocycles. The summed E-state index contributed by atoms with van der Waals surface area (Å²) in [6.45, 7) is 3.44. The molecule has 1 aliphatic rings. The molecule has 1 atom stereocenters. The van der Waals surface area contributed by atoms with E-state index in [4.69, 9.17) is 4.74 Å². The first kappa shape index (κ1) is 15.7. The van der Waals surface area contributed by atoms with Gasteiger partial charge in [-0.05, 0) is 38.8 Å². The first-order chi connectivity index (χ1) is 7.33. The Bertz CT molecular complexity index is 185. The zero-order valence-electron chi connectivity index (χ0n) is 9.96. The van der Waals surface area contributed by atoms with Crippen LogP contribution in [0.3, 0.4) is 0 Å². The predicted molar refractivity (Wildman–Crippen MR) is 67.0 cm³/mol. The highest BCUT2D eigenvalue weighted by molar-refractivity contribution is 5.85. The highest BCUT2D eigenvalue weighted by atomic mass is 35.5. The summed E-state index contributed by atoms with van der Waals surface area (Å²) in [7, 11) is 1.92. The van der Waals surface area contributed by atoms with E-state index in [9.17, 15) is 4.79 Å². The SMILES string of the molecule is CNCCCNC(=O)CCC1CCOC1.Cl. The molecular formula is C11H23ClN2O2. The maximum Gasteiger partial charge on any atom is 0.220 e. The Morgan fingerprint density at radius 1 is 1.44 bits per heavy atom. The molecule has 0 radical (unpaired) electrons. The standard InChI is InChI=1S/C11H22N2O2.ClH/c1-12-6-2-7-13-11(14)4-3-10-5-8-15-9-10;/h10,12H,2-9H2,1H3,(H,13,14);1H. The second kappa shape index (κ2) is 9.87. The van der Waals surface area contributed by atoms with E-state index in [0.717, 1.165) is 45.6 Å². The first-order valence-corrected chi connectivity index (χ1v) is 5.82. The van der Waals surface area contributed by atoms with Gasteiger partial charge in [0.1, 0.15) is 0 Å². The lowest BCUT2D eigenvalue weighted by Gasteiger charge is -2.07. The van der Waals surface area contributed by atoms with Crippen molar-refractivity contribution in [3.8, 4) is 0 Å². The molecular weight excluding hydrogens is 228 g/mol. The van der Waals surface area contributed by atoms with Crippen LogP contribution in [0.1, 0.15) is 25.7 Å². The van der Waals surface area contributed by atoms with Crippen molar-refractivity contribution in [2.45, 2.75) is 25.7 Å². The van der Waals surface area contributed by atoms with Crippen molar-refractivity contribution < 1.29 is 9.53 Å². The summed E-state index contributed by atoms with van der Waals surface area (Å²) in [5.41, 5.74) is 0. The topological polar surface area (TPSA) is 50.4 Å². The van der Waals surface area contributed by atoms with Gasteiger partial charge in [0.25, 0.3) is 0 Å². The molecule has 0 saturated carbocycles. The zero-order chi connectivity index (χ0) is 10.9. The number of hydrogen-bond donors (Lipinski definition) is 2. The minimum atomic E-state index is 0. The second-order valence-corrected chi connectivity index (χ2v) is 4.08. The van der Waals surface area contributed by atoms with E-state index in [1.54, 1.807) is 0 Å². The first-order valence-electron chi connectivity index (χ1n) is 5.82. The van der Waals surface area contributed by atoms with Crippen LogP contribution < -0.4 is 10.6 Å². The summed E-state index contributed by atoms with van der Waals surface area (Å²) in [4.78, 5) is 11.4. The van der Waals surface area contributed by atoms with Gasteiger partial charge in [-0.1, -0.05) is 0 Å². The molecule has 1 amide bonds. The molecule has 1 unspecified atom stereocenters. The number of rotatable bonds is 7. The van der Waals surface area contributed by atoms with Gasteiger partial charge in [-0.2, -0.15) is 0 Å². The van der Waals surface area contributed by atoms with E-state index in [1.807, 2.05) is 7.05 Å². The molecule has 0 aromatic heterocycles. The average molecular weight is 251 g/mol. The molecule has 5 heteroatoms. The van der Waals surface area contributed by atoms with Crippen molar-refractivity contribution >= 4 is 18.3 Å². The Kier molecular flexibility index (Phi) is 9.68. The Balaban J connectivity index is 0.00000225. The maximum atomic E-state index is 11.4. The van der Waals surface area contributed by atoms with Crippen molar-refractivity contribution in [2.24, 2.45) is 5.92 Å². The number of carbonyl (C=O) groups excluding carboxylic acids is 1. The number of halogens is 1. The Morgan fingerprint density at radius 3 is 2.88 bits per heavy atom. The number of amides is 1. The third-order valence-corrected chi connectivity index (χ3v) is 2.73. The minimum Gasteiger partial charge on any atom is -0.381 e. The van der Waals surface area contributed by atoms with E-state index in [2.05, 4.69) is 10.6 Å². The molecule has 96 valence electrons. The van der Waals surface area contributed by atoms with Gasteiger partial charge in [0.15, 0.2) is 0 Å². The van der Waals surface area contributed by atoms with Gasteiger partial charge in [0.05, 0.1) is 0 Å². The third kappa shape index (κ3) is 7.04. The van der Waals surface area contributed by atoms with Crippen molar-refractivity contribution in [2.75, 3.05) is 33.4 Å². The van der Waals surface area contributed by atoms with E-state index in [-0.39, 0.29) is 18.3 Å². The largest absolute Gasteiger partial charge is 0.381 e. The number of hydrogen-bond acceptors (Lipinski definition) is 3. The number of ether oxygens (including phenoxy) is 1. The van der Waals surface area contributed by atoms with Crippen LogP contribution in [0.15, 0.2) is 0 Å². The van der Waals surface area contributed by atoms with Crippen LogP contribution in [0.25, 0.3) is 0 Å². The fourth-order valence-electron chi connectivity index (χ4n) is 1.73. The third-order valence-electron chi connectivity index (χ3n) is 2.73. The van der Waals surface area contributed by atoms with Crippen LogP contribution in [0.2, 0.25) is 0 Å². The summed E-state index contributed by atoms with van der Waals surface area (Å²) in [6.07, 6.45) is 3.73. The van der Waals surface area contributed by atoms with Crippen LogP contribution in [-0.4, -0.2) is 39.3 Å². The Labute approximate surface area is 104 Å². The summed E-state index contributed by atoms with van der Waals surface area (Å²) in [5, 5.41) is 5.97. The molecule has 16 heavy (non-hydrogen) atoms. The lowest BCUT2D eigenvalue weighted by molar-refractivity contribution is -0.121. The number of nitrogens with one attached hydrogen (secondary N) is 2. The van der Waals surface area contributed by atoms with Gasteiger partial charge in [0.2, 0.25) is 5.91 Å². The van der Waals surface area contributed by atoms with Crippen LogP contribution in [-0.2, 0) is 9.53 Å². The lowest BCUT2D eigenvalue weighted by Crippen LogP contribution is -2.26. The Morgan fingerprint density at radius 2 is 2.25 bits per heavy atom. The van der Waals surface area contributed by atoms with Gasteiger partial charge < -0.3 is 15.4 Å². The van der Waals surface area contributed by atoms with Crippen molar-refractivity contribution in [3.63, 3.8) is 0 Å². The normalized spacial score (nSPS) is 19.2. The van der Waals surface area contributed by atoms with Crippen LogP contribution >= 0.6 is 12.4 Å². The van der Waals surface area contributed by atoms with Gasteiger partial charge >= 0.3 is 0 Å². The highest BCUT2D eigenvalue weighted by Crippen LogP contribution is 2.17. The maximum absolute atomic E-state index is 11.4. The van der Waals surface area contributed by atoms with Crippen molar-refractivity contribution in [1.82, 2.24) is 10.6 Å². The zero-order valence-corrected chi connectivity index (χ0v) is 10.8. The molecule has 0 spiro atoms. The molecule has 0 aliphatic carbocycles. The summed E-state index contributed by atoms with van der Waals surface area (Å²) < 4.78 is 5.26. The monoisotopic (exact) mass is 250 g/mol. The lowest BCUT2D eigenvalue weighted by atomic mass is 10.0. The van der Waals surface area contributed by atoms with Crippen LogP contribution in [0, 0.1) is 5.92 Å². The second-order valence-electron chi connectivity index (χ2n) is 4.08. The molecule has 1 saturated heterocycles. The molecule has 0 aromatic rings. The average Bonchev–Trinajstić information content (AvgIpc) is 2.74. The molecule has 1 rings (SSSR count). The molecule has 1 fully saturated rings. The Hall–Kier alpha value is -0.320. The van der Waals surface area contributed by atoms with E-state index in [0.29, 0.717) is 12.3 Å². The van der Waals surface area contributed by atoms with Crippen LogP contribution in [0.5, 0.6) is 0 Å². The van der Waals surface area contributed by atoms with E-state index >= 15 is 0 Å². The molecule has 1 heterocycles. The van der Waals surface area contributed by atoms with Crippen LogP contribution in [0.4, 0.5) is 0 Å². The summed E-state index contributed by atoms with van der Waals surface area (Å²) >= 11 is 0. The predicted octanol–water partition coefficient (Wildman–Crippen LogP) is 0.951. The van der Waals surface area contributed by atoms with Gasteiger partial charge in [0, 0.05) is 26.2 Å². The number of carbonyl (C=O) groups is 1. The van der Waals surface area contributed by atoms with Gasteiger partial charge in [-0.3, -0.25) is 4.79 Å². The molecule has 4 nitrogen and oxygen atoms in total. The van der Waals surface area contributed by atoms with E-state index in [1.165, 1.54) is 0 Å². The highest BCUT2D eigenvalue weighted by Gasteiger charge is 2.16. The molecule has 0 aromatic carbocycles. The van der Waals surface area contributed by atoms with Gasteiger partial charge in [-0.25, -0.2) is 0 Å². The quantitative estimate of drug-likeness (QED) is 0.662. The summed E-state index contributed by atoms with van der Waals surface area (Å²) in [6, 6.07) is 0. The minimum absolute atomic E-state index is 0. The summed E-state index contributed by atoms with van der Waals surface area (Å²) in [5.74, 6) is 0.783. The smallest absolute Gasteiger partial charge is 0.220 e. The molecule has 0 bridgehead atoms.